The Labute approximate surface area is 151 Å². The van der Waals surface area contributed by atoms with E-state index in [1.807, 2.05) is 19.2 Å². The molecule has 5 heteroatoms. The Bertz CT molecular complexity index is 564. The maximum absolute atomic E-state index is 11.6. The van der Waals surface area contributed by atoms with Crippen LogP contribution in [0.25, 0.3) is 0 Å². The van der Waals surface area contributed by atoms with Crippen molar-refractivity contribution in [2.24, 2.45) is 17.6 Å². The number of carbonyl (C=O) groups is 1. The first-order chi connectivity index (χ1) is 11.1. The van der Waals surface area contributed by atoms with Gasteiger partial charge in [-0.2, -0.15) is 0 Å². The molecule has 4 nitrogen and oxygen atoms in total. The molecule has 1 aliphatic heterocycles. The number of primary amides is 1. The summed E-state index contributed by atoms with van der Waals surface area (Å²) >= 11 is 0. The number of amides is 1. The summed E-state index contributed by atoms with van der Waals surface area (Å²) in [4.78, 5) is 14.2. The molecule has 1 heterocycles. The Balaban J connectivity index is 0.00000208. The minimum Gasteiger partial charge on any atom is -0.373 e. The van der Waals surface area contributed by atoms with Crippen LogP contribution in [0.4, 0.5) is 0 Å². The molecule has 24 heavy (non-hydrogen) atoms. The van der Waals surface area contributed by atoms with Crippen molar-refractivity contribution in [2.45, 2.75) is 38.2 Å². The van der Waals surface area contributed by atoms with Crippen LogP contribution in [0.1, 0.15) is 48.5 Å². The van der Waals surface area contributed by atoms with Crippen molar-refractivity contribution in [1.29, 1.82) is 0 Å². The van der Waals surface area contributed by atoms with Crippen molar-refractivity contribution < 1.29 is 9.53 Å². The van der Waals surface area contributed by atoms with E-state index in [0.29, 0.717) is 17.4 Å². The van der Waals surface area contributed by atoms with Crippen LogP contribution in [-0.2, 0) is 10.3 Å². The largest absolute Gasteiger partial charge is 0.373 e. The number of nitrogens with zero attached hydrogens (tertiary/aromatic N) is 1. The zero-order chi connectivity index (χ0) is 16.4. The number of halogens is 1. The number of ether oxygens (including phenoxy) is 1. The summed E-state index contributed by atoms with van der Waals surface area (Å²) in [5, 5.41) is 0. The van der Waals surface area contributed by atoms with Crippen molar-refractivity contribution >= 4 is 18.3 Å². The predicted octanol–water partition coefficient (Wildman–Crippen LogP) is 3.19. The Morgan fingerprint density at radius 3 is 2.54 bits per heavy atom. The van der Waals surface area contributed by atoms with Gasteiger partial charge in [-0.15, -0.1) is 12.4 Å². The second-order valence-corrected chi connectivity index (χ2v) is 7.03. The van der Waals surface area contributed by atoms with E-state index in [4.69, 9.17) is 10.5 Å². The van der Waals surface area contributed by atoms with Gasteiger partial charge in [-0.3, -0.25) is 4.79 Å². The topological polar surface area (TPSA) is 55.6 Å². The van der Waals surface area contributed by atoms with Gasteiger partial charge in [-0.05, 0) is 43.5 Å². The Morgan fingerprint density at radius 1 is 1.33 bits per heavy atom. The van der Waals surface area contributed by atoms with Crippen LogP contribution in [0.3, 0.4) is 0 Å². The molecule has 1 aromatic carbocycles. The molecule has 3 rings (SSSR count). The SMILES string of the molecule is CCCN1CC2CCCC(C1)C2(OC)c1cccc(C(N)=O)c1.Cl. The number of hydrogen-bond donors (Lipinski definition) is 1. The molecular weight excluding hydrogens is 324 g/mol. The van der Waals surface area contributed by atoms with E-state index < -0.39 is 0 Å². The lowest BCUT2D eigenvalue weighted by Gasteiger charge is -2.55. The first-order valence-electron chi connectivity index (χ1n) is 8.79. The lowest BCUT2D eigenvalue weighted by Crippen LogP contribution is -2.59. The highest BCUT2D eigenvalue weighted by Gasteiger charge is 2.52. The molecule has 2 unspecified atom stereocenters. The molecule has 2 aliphatic rings. The third kappa shape index (κ3) is 3.19. The van der Waals surface area contributed by atoms with Gasteiger partial charge in [0.25, 0.3) is 0 Å². The Hall–Kier alpha value is -1.10. The van der Waals surface area contributed by atoms with Crippen molar-refractivity contribution in [3.05, 3.63) is 35.4 Å². The number of benzene rings is 1. The second kappa shape index (κ2) is 7.85. The average molecular weight is 353 g/mol. The van der Waals surface area contributed by atoms with E-state index >= 15 is 0 Å². The number of nitrogens with two attached hydrogens (primary N) is 1. The van der Waals surface area contributed by atoms with Crippen LogP contribution in [0.5, 0.6) is 0 Å². The normalized spacial score (nSPS) is 29.8. The molecule has 2 N–H and O–H groups in total. The molecule has 134 valence electrons. The minimum atomic E-state index is -0.369. The molecule has 1 amide bonds. The fourth-order valence-corrected chi connectivity index (χ4v) is 4.86. The van der Waals surface area contributed by atoms with Crippen molar-refractivity contribution in [1.82, 2.24) is 4.90 Å². The van der Waals surface area contributed by atoms with Crippen LogP contribution in [0, 0.1) is 11.8 Å². The first-order valence-corrected chi connectivity index (χ1v) is 8.79. The molecule has 0 radical (unpaired) electrons. The third-order valence-electron chi connectivity index (χ3n) is 5.75. The molecule has 1 aliphatic carbocycles. The Kier molecular flexibility index (Phi) is 6.29. The minimum absolute atomic E-state index is 0. The summed E-state index contributed by atoms with van der Waals surface area (Å²) in [5.41, 5.74) is 6.92. The van der Waals surface area contributed by atoms with Gasteiger partial charge in [0.2, 0.25) is 5.91 Å². The van der Waals surface area contributed by atoms with E-state index in [0.717, 1.165) is 25.2 Å². The quantitative estimate of drug-likeness (QED) is 0.885. The molecule has 1 aromatic rings. The van der Waals surface area contributed by atoms with Crippen LogP contribution in [0.15, 0.2) is 24.3 Å². The third-order valence-corrected chi connectivity index (χ3v) is 5.75. The summed E-state index contributed by atoms with van der Waals surface area (Å²) in [6.45, 7) is 5.57. The number of piperidine rings is 1. The number of carbonyl (C=O) groups excluding carboxylic acids is 1. The maximum Gasteiger partial charge on any atom is 0.248 e. The van der Waals surface area contributed by atoms with Gasteiger partial charge >= 0.3 is 0 Å². The van der Waals surface area contributed by atoms with Gasteiger partial charge in [0, 0.05) is 37.6 Å². The van der Waals surface area contributed by atoms with Gasteiger partial charge in [0.15, 0.2) is 0 Å². The summed E-state index contributed by atoms with van der Waals surface area (Å²) in [6.07, 6.45) is 4.84. The molecule has 1 saturated heterocycles. The van der Waals surface area contributed by atoms with Crippen molar-refractivity contribution in [3.8, 4) is 0 Å². The molecule has 0 spiro atoms. The highest BCUT2D eigenvalue weighted by molar-refractivity contribution is 5.92. The number of hydrogen-bond acceptors (Lipinski definition) is 3. The fourth-order valence-electron chi connectivity index (χ4n) is 4.86. The zero-order valence-electron chi connectivity index (χ0n) is 14.7. The van der Waals surface area contributed by atoms with Crippen molar-refractivity contribution in [3.63, 3.8) is 0 Å². The van der Waals surface area contributed by atoms with Gasteiger partial charge in [-0.25, -0.2) is 0 Å². The molecule has 2 atom stereocenters. The molecule has 1 saturated carbocycles. The smallest absolute Gasteiger partial charge is 0.248 e. The van der Waals surface area contributed by atoms with Crippen molar-refractivity contribution in [2.75, 3.05) is 26.7 Å². The average Bonchev–Trinajstić information content (AvgIpc) is 2.54. The lowest BCUT2D eigenvalue weighted by molar-refractivity contribution is -0.168. The van der Waals surface area contributed by atoms with Crippen LogP contribution in [0.2, 0.25) is 0 Å². The monoisotopic (exact) mass is 352 g/mol. The van der Waals surface area contributed by atoms with Crippen LogP contribution >= 0.6 is 12.4 Å². The second-order valence-electron chi connectivity index (χ2n) is 7.03. The predicted molar refractivity (Wildman–Crippen MR) is 98.5 cm³/mol. The van der Waals surface area contributed by atoms with Gasteiger partial charge in [0.05, 0.1) is 0 Å². The highest BCUT2D eigenvalue weighted by Crippen LogP contribution is 2.51. The summed E-state index contributed by atoms with van der Waals surface area (Å²) in [6, 6.07) is 7.78. The Morgan fingerprint density at radius 2 is 2.00 bits per heavy atom. The summed E-state index contributed by atoms with van der Waals surface area (Å²) in [5.74, 6) is 0.594. The fraction of sp³-hybridized carbons (Fsp3) is 0.632. The van der Waals surface area contributed by atoms with Crippen LogP contribution < -0.4 is 5.73 Å². The molecule has 2 bridgehead atoms. The number of methoxy groups -OCH3 is 1. The van der Waals surface area contributed by atoms with Gasteiger partial charge in [-0.1, -0.05) is 25.5 Å². The molecule has 2 fully saturated rings. The molecular formula is C19H29ClN2O2. The van der Waals surface area contributed by atoms with E-state index in [-0.39, 0.29) is 23.9 Å². The summed E-state index contributed by atoms with van der Waals surface area (Å²) < 4.78 is 6.21. The van der Waals surface area contributed by atoms with E-state index in [2.05, 4.69) is 17.9 Å². The lowest BCUT2D eigenvalue weighted by atomic mass is 9.62. The van der Waals surface area contributed by atoms with E-state index in [9.17, 15) is 4.79 Å². The number of rotatable bonds is 5. The molecule has 0 aromatic heterocycles. The van der Waals surface area contributed by atoms with E-state index in [1.165, 1.54) is 25.7 Å². The zero-order valence-corrected chi connectivity index (χ0v) is 15.5. The highest BCUT2D eigenvalue weighted by atomic mass is 35.5. The number of likely N-dealkylation sites (tertiary alicyclic amines) is 1. The summed E-state index contributed by atoms with van der Waals surface area (Å²) in [7, 11) is 1.83. The maximum atomic E-state index is 11.6. The van der Waals surface area contributed by atoms with E-state index in [1.54, 1.807) is 6.07 Å². The van der Waals surface area contributed by atoms with Crippen LogP contribution in [-0.4, -0.2) is 37.6 Å². The number of fused-ring (bicyclic) bond motifs is 2. The van der Waals surface area contributed by atoms with Gasteiger partial charge in [0.1, 0.15) is 5.60 Å². The van der Waals surface area contributed by atoms with Gasteiger partial charge < -0.3 is 15.4 Å². The standard InChI is InChI=1S/C19H28N2O2.ClH/c1-3-10-21-12-16-8-5-9-17(13-21)19(16,23-2)15-7-4-6-14(11-15)18(20)22;/h4,6-7,11,16-17H,3,5,8-10,12-13H2,1-2H3,(H2,20,22);1H. The first kappa shape index (κ1) is 19.2.